The van der Waals surface area contributed by atoms with Gasteiger partial charge in [0, 0.05) is 12.6 Å². The van der Waals surface area contributed by atoms with Gasteiger partial charge in [-0.15, -0.1) is 11.3 Å². The minimum absolute atomic E-state index is 0.115. The molecule has 0 aliphatic heterocycles. The van der Waals surface area contributed by atoms with Crippen LogP contribution in [0.1, 0.15) is 42.9 Å². The average molecular weight is 298 g/mol. The van der Waals surface area contributed by atoms with Crippen molar-refractivity contribution < 1.29 is 14.3 Å². The van der Waals surface area contributed by atoms with Crippen molar-refractivity contribution in [2.75, 3.05) is 6.54 Å². The molecule has 1 atom stereocenters. The van der Waals surface area contributed by atoms with Gasteiger partial charge in [-0.2, -0.15) is 0 Å². The molecule has 0 aliphatic rings. The van der Waals surface area contributed by atoms with Crippen molar-refractivity contribution in [1.82, 2.24) is 10.6 Å². The van der Waals surface area contributed by atoms with E-state index in [1.54, 1.807) is 20.8 Å². The molecule has 5 nitrogen and oxygen atoms in total. The van der Waals surface area contributed by atoms with E-state index in [1.807, 2.05) is 25.3 Å². The molecule has 2 amide bonds. The minimum Gasteiger partial charge on any atom is -0.444 e. The van der Waals surface area contributed by atoms with Crippen LogP contribution in [0.5, 0.6) is 0 Å². The van der Waals surface area contributed by atoms with Crippen molar-refractivity contribution in [1.29, 1.82) is 0 Å². The minimum atomic E-state index is -0.527. The monoisotopic (exact) mass is 298 g/mol. The fourth-order valence-electron chi connectivity index (χ4n) is 1.49. The molecule has 2 N–H and O–H groups in total. The number of rotatable bonds is 4. The van der Waals surface area contributed by atoms with Crippen molar-refractivity contribution in [3.63, 3.8) is 0 Å². The molecule has 0 aliphatic carbocycles. The smallest absolute Gasteiger partial charge is 0.407 e. The third-order valence-corrected chi connectivity index (χ3v) is 3.42. The van der Waals surface area contributed by atoms with Crippen LogP contribution in [0.3, 0.4) is 0 Å². The Morgan fingerprint density at radius 2 is 2.05 bits per heavy atom. The molecule has 0 aromatic carbocycles. The molecule has 0 radical (unpaired) electrons. The SMILES string of the molecule is Cc1ccsc1C(=O)NC[C@H](C)NC(=O)OC(C)(C)C. The van der Waals surface area contributed by atoms with E-state index in [0.29, 0.717) is 11.4 Å². The van der Waals surface area contributed by atoms with Gasteiger partial charge in [-0.3, -0.25) is 4.79 Å². The summed E-state index contributed by atoms with van der Waals surface area (Å²) in [5.41, 5.74) is 0.432. The second-order valence-corrected chi connectivity index (χ2v) is 6.61. The van der Waals surface area contributed by atoms with Crippen LogP contribution >= 0.6 is 11.3 Å². The largest absolute Gasteiger partial charge is 0.444 e. The molecule has 0 saturated heterocycles. The number of carbonyl (C=O) groups excluding carboxylic acids is 2. The molecular formula is C14H22N2O3S. The van der Waals surface area contributed by atoms with E-state index in [4.69, 9.17) is 4.74 Å². The lowest BCUT2D eigenvalue weighted by molar-refractivity contribution is 0.0506. The Hall–Kier alpha value is -1.56. The molecule has 0 saturated carbocycles. The van der Waals surface area contributed by atoms with Gasteiger partial charge in [0.15, 0.2) is 0 Å². The summed E-state index contributed by atoms with van der Waals surface area (Å²) in [6.07, 6.45) is -0.480. The van der Waals surface area contributed by atoms with Gasteiger partial charge in [0.1, 0.15) is 5.60 Å². The number of alkyl carbamates (subject to hydrolysis) is 1. The Morgan fingerprint density at radius 1 is 1.40 bits per heavy atom. The number of hydrogen-bond donors (Lipinski definition) is 2. The number of ether oxygens (including phenoxy) is 1. The second-order valence-electron chi connectivity index (χ2n) is 5.69. The van der Waals surface area contributed by atoms with E-state index >= 15 is 0 Å². The zero-order chi connectivity index (χ0) is 15.3. The fraction of sp³-hybridized carbons (Fsp3) is 0.571. The maximum absolute atomic E-state index is 11.9. The second kappa shape index (κ2) is 6.74. The molecule has 20 heavy (non-hydrogen) atoms. The molecule has 6 heteroatoms. The summed E-state index contributed by atoms with van der Waals surface area (Å²) in [5, 5.41) is 7.36. The molecule has 1 heterocycles. The summed E-state index contributed by atoms with van der Waals surface area (Å²) in [5.74, 6) is -0.115. The normalized spacial score (nSPS) is 12.7. The predicted molar refractivity (Wildman–Crippen MR) is 80.2 cm³/mol. The molecular weight excluding hydrogens is 276 g/mol. The highest BCUT2D eigenvalue weighted by Crippen LogP contribution is 2.14. The first-order valence-electron chi connectivity index (χ1n) is 6.51. The number of nitrogens with one attached hydrogen (secondary N) is 2. The molecule has 1 aromatic heterocycles. The Bertz CT molecular complexity index is 477. The van der Waals surface area contributed by atoms with Gasteiger partial charge >= 0.3 is 6.09 Å². The maximum Gasteiger partial charge on any atom is 0.407 e. The summed E-state index contributed by atoms with van der Waals surface area (Å²) in [4.78, 5) is 24.2. The summed E-state index contributed by atoms with van der Waals surface area (Å²) in [6, 6.07) is 1.70. The number of hydrogen-bond acceptors (Lipinski definition) is 4. The van der Waals surface area contributed by atoms with Crippen LogP contribution in [-0.4, -0.2) is 30.2 Å². The van der Waals surface area contributed by atoms with Crippen LogP contribution in [0.25, 0.3) is 0 Å². The van der Waals surface area contributed by atoms with Gasteiger partial charge in [0.05, 0.1) is 4.88 Å². The lowest BCUT2D eigenvalue weighted by Gasteiger charge is -2.22. The summed E-state index contributed by atoms with van der Waals surface area (Å²) >= 11 is 1.41. The Kier molecular flexibility index (Phi) is 5.56. The van der Waals surface area contributed by atoms with Crippen LogP contribution < -0.4 is 10.6 Å². The highest BCUT2D eigenvalue weighted by molar-refractivity contribution is 7.12. The zero-order valence-electron chi connectivity index (χ0n) is 12.6. The van der Waals surface area contributed by atoms with Crippen molar-refractivity contribution in [3.8, 4) is 0 Å². The first-order chi connectivity index (χ1) is 9.19. The lowest BCUT2D eigenvalue weighted by atomic mass is 10.2. The summed E-state index contributed by atoms with van der Waals surface area (Å²) < 4.78 is 5.15. The molecule has 112 valence electrons. The highest BCUT2D eigenvalue weighted by Gasteiger charge is 2.18. The Labute approximate surface area is 123 Å². The standard InChI is InChI=1S/C14H22N2O3S/c1-9-6-7-20-11(9)12(17)15-8-10(2)16-13(18)19-14(3,4)5/h6-7,10H,8H2,1-5H3,(H,15,17)(H,16,18)/t10-/m0/s1. The molecule has 0 bridgehead atoms. The third kappa shape index (κ3) is 5.61. The molecule has 1 rings (SSSR count). The van der Waals surface area contributed by atoms with Crippen LogP contribution in [-0.2, 0) is 4.74 Å². The number of thiophene rings is 1. The van der Waals surface area contributed by atoms with Crippen LogP contribution in [0, 0.1) is 6.92 Å². The van der Waals surface area contributed by atoms with Gasteiger partial charge in [-0.25, -0.2) is 4.79 Å². The van der Waals surface area contributed by atoms with Gasteiger partial charge in [-0.05, 0) is 51.6 Å². The molecule has 0 fully saturated rings. The van der Waals surface area contributed by atoms with Crippen molar-refractivity contribution in [3.05, 3.63) is 21.9 Å². The van der Waals surface area contributed by atoms with Crippen molar-refractivity contribution in [2.45, 2.75) is 46.3 Å². The van der Waals surface area contributed by atoms with Crippen molar-refractivity contribution in [2.24, 2.45) is 0 Å². The van der Waals surface area contributed by atoms with Gasteiger partial charge in [0.25, 0.3) is 5.91 Å². The first kappa shape index (κ1) is 16.5. The number of carbonyl (C=O) groups is 2. The zero-order valence-corrected chi connectivity index (χ0v) is 13.4. The average Bonchev–Trinajstić information content (AvgIpc) is 2.69. The third-order valence-electron chi connectivity index (χ3n) is 2.40. The lowest BCUT2D eigenvalue weighted by Crippen LogP contribution is -2.43. The Balaban J connectivity index is 2.37. The molecule has 0 unspecified atom stereocenters. The van der Waals surface area contributed by atoms with E-state index in [1.165, 1.54) is 11.3 Å². The van der Waals surface area contributed by atoms with Gasteiger partial charge in [0.2, 0.25) is 0 Å². The molecule has 0 spiro atoms. The van der Waals surface area contributed by atoms with Crippen molar-refractivity contribution >= 4 is 23.3 Å². The fourth-order valence-corrected chi connectivity index (χ4v) is 2.33. The van der Waals surface area contributed by atoms with Gasteiger partial charge < -0.3 is 15.4 Å². The summed E-state index contributed by atoms with van der Waals surface area (Å²) in [7, 11) is 0. The number of amides is 2. The topological polar surface area (TPSA) is 67.4 Å². The van der Waals surface area contributed by atoms with Crippen LogP contribution in [0.4, 0.5) is 4.79 Å². The van der Waals surface area contributed by atoms with E-state index < -0.39 is 11.7 Å². The summed E-state index contributed by atoms with van der Waals surface area (Å²) in [6.45, 7) is 9.48. The van der Waals surface area contributed by atoms with E-state index in [-0.39, 0.29) is 11.9 Å². The van der Waals surface area contributed by atoms with Gasteiger partial charge in [-0.1, -0.05) is 0 Å². The quantitative estimate of drug-likeness (QED) is 0.898. The first-order valence-corrected chi connectivity index (χ1v) is 7.39. The maximum atomic E-state index is 11.9. The number of aryl methyl sites for hydroxylation is 1. The predicted octanol–water partition coefficient (Wildman–Crippen LogP) is 2.70. The molecule has 1 aromatic rings. The Morgan fingerprint density at radius 3 is 2.55 bits per heavy atom. The van der Waals surface area contributed by atoms with E-state index in [0.717, 1.165) is 5.56 Å². The van der Waals surface area contributed by atoms with Crippen LogP contribution in [0.2, 0.25) is 0 Å². The van der Waals surface area contributed by atoms with Crippen LogP contribution in [0.15, 0.2) is 11.4 Å². The highest BCUT2D eigenvalue weighted by atomic mass is 32.1. The van der Waals surface area contributed by atoms with E-state index in [2.05, 4.69) is 10.6 Å². The van der Waals surface area contributed by atoms with E-state index in [9.17, 15) is 9.59 Å².